The smallest absolute Gasteiger partial charge is 0.211 e. The highest BCUT2D eigenvalue weighted by atomic mass is 32.2. The third-order valence-corrected chi connectivity index (χ3v) is 8.32. The Morgan fingerprint density at radius 1 is 0.909 bits per heavy atom. The second-order valence-corrected chi connectivity index (χ2v) is 10.3. The Hall–Kier alpha value is -3.39. The number of nitrogens with zero attached hydrogens (tertiary/aromatic N) is 6. The van der Waals surface area contributed by atoms with E-state index in [-0.39, 0.29) is 0 Å². The predicted molar refractivity (Wildman–Crippen MR) is 129 cm³/mol. The van der Waals surface area contributed by atoms with Crippen LogP contribution in [0, 0.1) is 5.41 Å². The number of benzene rings is 1. The molecule has 0 amide bonds. The van der Waals surface area contributed by atoms with Gasteiger partial charge in [0.05, 0.1) is 16.6 Å². The van der Waals surface area contributed by atoms with Crippen LogP contribution in [0.1, 0.15) is 24.1 Å². The molecule has 7 nitrogen and oxygen atoms in total. The Labute approximate surface area is 195 Å². The van der Waals surface area contributed by atoms with Crippen molar-refractivity contribution in [3.63, 3.8) is 0 Å². The molecule has 1 aliphatic carbocycles. The summed E-state index contributed by atoms with van der Waals surface area (Å²) < 4.78 is 2.14. The molecule has 5 aromatic rings. The first-order chi connectivity index (χ1) is 16.3. The van der Waals surface area contributed by atoms with Crippen LogP contribution in [0.25, 0.3) is 16.6 Å². The van der Waals surface area contributed by atoms with Gasteiger partial charge in [0.1, 0.15) is 0 Å². The summed E-state index contributed by atoms with van der Waals surface area (Å²) in [4.78, 5) is 18.8. The highest BCUT2D eigenvalue weighted by Crippen LogP contribution is 2.44. The summed E-state index contributed by atoms with van der Waals surface area (Å²) in [5, 5.41) is 8.35. The van der Waals surface area contributed by atoms with Crippen LogP contribution in [-0.2, 0) is 12.8 Å². The highest BCUT2D eigenvalue weighted by molar-refractivity contribution is 7.99. The van der Waals surface area contributed by atoms with Crippen LogP contribution in [-0.4, -0.2) is 42.6 Å². The van der Waals surface area contributed by atoms with E-state index in [9.17, 15) is 0 Å². The molecule has 1 aliphatic heterocycles. The van der Waals surface area contributed by atoms with E-state index in [1.54, 1.807) is 11.8 Å². The number of rotatable bonds is 3. The zero-order chi connectivity index (χ0) is 21.8. The standard InChI is InChI=1S/C25H23N7S/c1-4-19-18(15-29-30-19)21(5-1)33-22-16-28-24(32-12-9-27-23(22)32)31-10-6-25(7-11-31)13-17-3-2-8-26-20(17)14-25/h1-5,8-9,12,15-16H,6-7,10-11,13-14H2,(H,29,30). The molecule has 0 saturated carbocycles. The van der Waals surface area contributed by atoms with Crippen molar-refractivity contribution in [2.45, 2.75) is 35.5 Å². The van der Waals surface area contributed by atoms with Gasteiger partial charge in [-0.3, -0.25) is 14.5 Å². The Kier molecular flexibility index (Phi) is 4.24. The van der Waals surface area contributed by atoms with E-state index in [0.717, 1.165) is 58.2 Å². The number of nitrogens with one attached hydrogen (secondary N) is 1. The van der Waals surface area contributed by atoms with Crippen LogP contribution in [0.5, 0.6) is 0 Å². The van der Waals surface area contributed by atoms with E-state index in [0.29, 0.717) is 5.41 Å². The van der Waals surface area contributed by atoms with Crippen molar-refractivity contribution in [1.82, 2.24) is 29.5 Å². The SMILES string of the molecule is c1cnc2c(c1)CC1(CCN(c3ncc(Sc4cccc5[nH]ncc45)c4nccn34)CC1)C2. The van der Waals surface area contributed by atoms with Gasteiger partial charge in [-0.2, -0.15) is 5.10 Å². The molecule has 0 atom stereocenters. The Balaban J connectivity index is 1.15. The van der Waals surface area contributed by atoms with Crippen LogP contribution < -0.4 is 4.90 Å². The van der Waals surface area contributed by atoms with Crippen LogP contribution in [0.15, 0.2) is 71.1 Å². The van der Waals surface area contributed by atoms with E-state index in [1.165, 1.54) is 24.1 Å². The minimum absolute atomic E-state index is 0.361. The quantitative estimate of drug-likeness (QED) is 0.432. The molecule has 1 aromatic carbocycles. The first kappa shape index (κ1) is 19.1. The van der Waals surface area contributed by atoms with E-state index in [1.807, 2.05) is 43.1 Å². The molecule has 1 fully saturated rings. The molecule has 2 aliphatic rings. The molecule has 0 radical (unpaired) electrons. The van der Waals surface area contributed by atoms with Gasteiger partial charge in [0.15, 0.2) is 5.65 Å². The van der Waals surface area contributed by atoms with Gasteiger partial charge in [-0.1, -0.05) is 23.9 Å². The van der Waals surface area contributed by atoms with Gasteiger partial charge in [-0.15, -0.1) is 0 Å². The summed E-state index contributed by atoms with van der Waals surface area (Å²) in [6.45, 7) is 2.02. The van der Waals surface area contributed by atoms with E-state index >= 15 is 0 Å². The summed E-state index contributed by atoms with van der Waals surface area (Å²) in [5.41, 5.74) is 5.09. The average molecular weight is 454 g/mol. The molecule has 5 heterocycles. The highest BCUT2D eigenvalue weighted by Gasteiger charge is 2.41. The van der Waals surface area contributed by atoms with E-state index in [4.69, 9.17) is 4.98 Å². The zero-order valence-corrected chi connectivity index (χ0v) is 18.9. The lowest BCUT2D eigenvalue weighted by molar-refractivity contribution is 0.230. The Morgan fingerprint density at radius 3 is 2.76 bits per heavy atom. The summed E-state index contributed by atoms with van der Waals surface area (Å²) in [6, 6.07) is 10.5. The minimum atomic E-state index is 0.361. The predicted octanol–water partition coefficient (Wildman–Crippen LogP) is 4.54. The maximum Gasteiger partial charge on any atom is 0.211 e. The van der Waals surface area contributed by atoms with Gasteiger partial charge in [-0.25, -0.2) is 9.97 Å². The van der Waals surface area contributed by atoms with E-state index in [2.05, 4.69) is 47.7 Å². The largest absolute Gasteiger partial charge is 0.342 e. The molecule has 4 aromatic heterocycles. The van der Waals surface area contributed by atoms with Crippen molar-refractivity contribution in [1.29, 1.82) is 0 Å². The molecule has 33 heavy (non-hydrogen) atoms. The third-order valence-electron chi connectivity index (χ3n) is 7.24. The first-order valence-corrected chi connectivity index (χ1v) is 12.2. The number of fused-ring (bicyclic) bond motifs is 3. The second kappa shape index (κ2) is 7.31. The van der Waals surface area contributed by atoms with Crippen molar-refractivity contribution in [2.24, 2.45) is 5.41 Å². The van der Waals surface area contributed by atoms with Crippen molar-refractivity contribution < 1.29 is 0 Å². The fraction of sp³-hybridized carbons (Fsp3) is 0.280. The van der Waals surface area contributed by atoms with Crippen LogP contribution in [0.4, 0.5) is 5.95 Å². The fourth-order valence-electron chi connectivity index (χ4n) is 5.49. The average Bonchev–Trinajstić information content (AvgIpc) is 3.58. The van der Waals surface area contributed by atoms with Crippen molar-refractivity contribution in [3.05, 3.63) is 72.6 Å². The number of anilines is 1. The molecule has 0 unspecified atom stereocenters. The number of piperidine rings is 1. The summed E-state index contributed by atoms with van der Waals surface area (Å²) >= 11 is 1.69. The third kappa shape index (κ3) is 3.12. The molecular weight excluding hydrogens is 430 g/mol. The summed E-state index contributed by atoms with van der Waals surface area (Å²) in [6.07, 6.45) is 14.3. The summed E-state index contributed by atoms with van der Waals surface area (Å²) in [7, 11) is 0. The molecule has 7 rings (SSSR count). The van der Waals surface area contributed by atoms with Crippen molar-refractivity contribution >= 4 is 34.3 Å². The molecule has 1 saturated heterocycles. The Bertz CT molecular complexity index is 1450. The van der Waals surface area contributed by atoms with Gasteiger partial charge in [0.25, 0.3) is 0 Å². The van der Waals surface area contributed by atoms with Crippen LogP contribution >= 0.6 is 11.8 Å². The van der Waals surface area contributed by atoms with Gasteiger partial charge in [-0.05, 0) is 54.9 Å². The lowest BCUT2D eigenvalue weighted by atomic mass is 9.76. The van der Waals surface area contributed by atoms with E-state index < -0.39 is 0 Å². The first-order valence-electron chi connectivity index (χ1n) is 11.4. The van der Waals surface area contributed by atoms with Crippen molar-refractivity contribution in [2.75, 3.05) is 18.0 Å². The number of imidazole rings is 1. The van der Waals surface area contributed by atoms with Crippen LogP contribution in [0.3, 0.4) is 0 Å². The minimum Gasteiger partial charge on any atom is -0.342 e. The molecule has 1 N–H and O–H groups in total. The monoisotopic (exact) mass is 453 g/mol. The molecule has 8 heteroatoms. The molecule has 164 valence electrons. The molecule has 1 spiro atoms. The van der Waals surface area contributed by atoms with Gasteiger partial charge >= 0.3 is 0 Å². The number of H-pyrrole nitrogens is 1. The number of hydrogen-bond donors (Lipinski definition) is 1. The maximum absolute atomic E-state index is 4.91. The number of pyridine rings is 1. The lowest BCUT2D eigenvalue weighted by Crippen LogP contribution is -2.41. The Morgan fingerprint density at radius 2 is 1.85 bits per heavy atom. The maximum atomic E-state index is 4.91. The number of aromatic nitrogens is 6. The van der Waals surface area contributed by atoms with Gasteiger partial charge in [0.2, 0.25) is 5.95 Å². The lowest BCUT2D eigenvalue weighted by Gasteiger charge is -2.39. The number of aromatic amines is 1. The second-order valence-electron chi connectivity index (χ2n) is 9.18. The molecule has 0 bridgehead atoms. The zero-order valence-electron chi connectivity index (χ0n) is 18.1. The van der Waals surface area contributed by atoms with Gasteiger partial charge in [0, 0.05) is 53.9 Å². The normalized spacial score (nSPS) is 17.3. The van der Waals surface area contributed by atoms with Crippen LogP contribution in [0.2, 0.25) is 0 Å². The number of hydrogen-bond acceptors (Lipinski definition) is 6. The molecular formula is C25H23N7S. The van der Waals surface area contributed by atoms with Gasteiger partial charge < -0.3 is 4.90 Å². The summed E-state index contributed by atoms with van der Waals surface area (Å²) in [5.74, 6) is 0.983. The fourth-order valence-corrected chi connectivity index (χ4v) is 6.49. The van der Waals surface area contributed by atoms with Crippen molar-refractivity contribution in [3.8, 4) is 0 Å². The topological polar surface area (TPSA) is 75.0 Å².